The van der Waals surface area contributed by atoms with Crippen LogP contribution >= 0.6 is 27.5 Å². The van der Waals surface area contributed by atoms with Crippen molar-refractivity contribution in [3.63, 3.8) is 0 Å². The fourth-order valence-electron chi connectivity index (χ4n) is 1.16. The SMILES string of the molecule is CC(Br)C(=O)c1cccc(CCl)c1N. The Bertz CT molecular complexity index is 352. The molecule has 0 bridgehead atoms. The van der Waals surface area contributed by atoms with E-state index in [1.54, 1.807) is 19.1 Å². The standard InChI is InChI=1S/C10H11BrClNO/c1-6(11)10(14)8-4-2-3-7(5-12)9(8)13/h2-4,6H,5,13H2,1H3. The van der Waals surface area contributed by atoms with Crippen molar-refractivity contribution in [1.29, 1.82) is 0 Å². The van der Waals surface area contributed by atoms with Crippen LogP contribution < -0.4 is 5.73 Å². The first kappa shape index (κ1) is 11.5. The second kappa shape index (κ2) is 4.80. The van der Waals surface area contributed by atoms with Gasteiger partial charge in [-0.05, 0) is 18.6 Å². The van der Waals surface area contributed by atoms with Gasteiger partial charge in [-0.3, -0.25) is 4.79 Å². The molecule has 2 N–H and O–H groups in total. The number of nitrogens with two attached hydrogens (primary N) is 1. The predicted molar refractivity (Wildman–Crippen MR) is 63.1 cm³/mol. The molecule has 1 unspecified atom stereocenters. The van der Waals surface area contributed by atoms with Gasteiger partial charge < -0.3 is 5.73 Å². The van der Waals surface area contributed by atoms with Crippen molar-refractivity contribution < 1.29 is 4.79 Å². The number of alkyl halides is 2. The van der Waals surface area contributed by atoms with Crippen LogP contribution in [0, 0.1) is 0 Å². The topological polar surface area (TPSA) is 43.1 Å². The highest BCUT2D eigenvalue weighted by Gasteiger charge is 2.15. The van der Waals surface area contributed by atoms with E-state index >= 15 is 0 Å². The van der Waals surface area contributed by atoms with E-state index in [4.69, 9.17) is 17.3 Å². The van der Waals surface area contributed by atoms with E-state index < -0.39 is 0 Å². The minimum atomic E-state index is -0.227. The minimum Gasteiger partial charge on any atom is -0.398 e. The van der Waals surface area contributed by atoms with Crippen molar-refractivity contribution in [2.24, 2.45) is 0 Å². The van der Waals surface area contributed by atoms with Crippen LogP contribution in [-0.4, -0.2) is 10.6 Å². The number of benzene rings is 1. The first-order valence-corrected chi connectivity index (χ1v) is 5.64. The number of anilines is 1. The number of halogens is 2. The van der Waals surface area contributed by atoms with Crippen LogP contribution in [0.2, 0.25) is 0 Å². The van der Waals surface area contributed by atoms with Crippen LogP contribution in [0.3, 0.4) is 0 Å². The number of nitrogen functional groups attached to an aromatic ring is 1. The Hall–Kier alpha value is -0.540. The highest BCUT2D eigenvalue weighted by Crippen LogP contribution is 2.22. The molecule has 0 radical (unpaired) electrons. The van der Waals surface area contributed by atoms with Gasteiger partial charge in [0.25, 0.3) is 0 Å². The van der Waals surface area contributed by atoms with Crippen molar-refractivity contribution >= 4 is 39.0 Å². The Kier molecular flexibility index (Phi) is 3.96. The third-order valence-electron chi connectivity index (χ3n) is 1.97. The van der Waals surface area contributed by atoms with Gasteiger partial charge >= 0.3 is 0 Å². The van der Waals surface area contributed by atoms with E-state index in [1.807, 2.05) is 6.07 Å². The molecule has 0 aliphatic carbocycles. The van der Waals surface area contributed by atoms with Crippen molar-refractivity contribution in [2.75, 3.05) is 5.73 Å². The molecule has 1 rings (SSSR count). The van der Waals surface area contributed by atoms with Gasteiger partial charge in [0.2, 0.25) is 0 Å². The van der Waals surface area contributed by atoms with Crippen LogP contribution in [0.1, 0.15) is 22.8 Å². The van der Waals surface area contributed by atoms with Crippen molar-refractivity contribution in [2.45, 2.75) is 17.6 Å². The molecule has 0 fully saturated rings. The monoisotopic (exact) mass is 275 g/mol. The largest absolute Gasteiger partial charge is 0.398 e. The Balaban J connectivity index is 3.16. The molecule has 0 saturated heterocycles. The van der Waals surface area contributed by atoms with Gasteiger partial charge in [0.05, 0.1) is 4.83 Å². The van der Waals surface area contributed by atoms with Crippen LogP contribution in [-0.2, 0) is 5.88 Å². The van der Waals surface area contributed by atoms with Gasteiger partial charge in [0, 0.05) is 17.1 Å². The number of rotatable bonds is 3. The lowest BCUT2D eigenvalue weighted by atomic mass is 10.0. The van der Waals surface area contributed by atoms with Gasteiger partial charge in [0.1, 0.15) is 0 Å². The molecule has 4 heteroatoms. The zero-order valence-electron chi connectivity index (χ0n) is 7.76. The number of ketones is 1. The first-order chi connectivity index (χ1) is 6.57. The summed E-state index contributed by atoms with van der Waals surface area (Å²) in [6.07, 6.45) is 0. The Morgan fingerprint density at radius 1 is 1.64 bits per heavy atom. The molecular formula is C10H11BrClNO. The molecule has 1 aromatic rings. The Morgan fingerprint density at radius 2 is 2.29 bits per heavy atom. The second-order valence-electron chi connectivity index (χ2n) is 2.99. The number of hydrogen-bond acceptors (Lipinski definition) is 2. The maximum atomic E-state index is 11.7. The van der Waals surface area contributed by atoms with Crippen molar-refractivity contribution in [3.8, 4) is 0 Å². The molecule has 2 nitrogen and oxygen atoms in total. The number of carbonyl (C=O) groups is 1. The summed E-state index contributed by atoms with van der Waals surface area (Å²) in [6, 6.07) is 5.32. The van der Waals surface area contributed by atoms with Crippen LogP contribution in [0.5, 0.6) is 0 Å². The summed E-state index contributed by atoms with van der Waals surface area (Å²) >= 11 is 8.90. The maximum Gasteiger partial charge on any atom is 0.178 e. The average molecular weight is 277 g/mol. The molecule has 1 aromatic carbocycles. The van der Waals surface area contributed by atoms with E-state index in [2.05, 4.69) is 15.9 Å². The highest BCUT2D eigenvalue weighted by molar-refractivity contribution is 9.10. The van der Waals surface area contributed by atoms with Crippen LogP contribution in [0.15, 0.2) is 18.2 Å². The molecule has 0 saturated carbocycles. The molecule has 1 atom stereocenters. The third kappa shape index (κ3) is 2.28. The first-order valence-electron chi connectivity index (χ1n) is 4.19. The molecule has 76 valence electrons. The van der Waals surface area contributed by atoms with E-state index in [9.17, 15) is 4.79 Å². The van der Waals surface area contributed by atoms with E-state index in [-0.39, 0.29) is 10.6 Å². The highest BCUT2D eigenvalue weighted by atomic mass is 79.9. The molecule has 0 amide bonds. The number of Topliss-reactive ketones (excluding diaryl/α,β-unsaturated/α-hetero) is 1. The summed E-state index contributed by atoms with van der Waals surface area (Å²) in [4.78, 5) is 11.4. The lowest BCUT2D eigenvalue weighted by molar-refractivity contribution is 0.0996. The average Bonchev–Trinajstić information content (AvgIpc) is 2.17. The van der Waals surface area contributed by atoms with E-state index in [0.717, 1.165) is 5.56 Å². The molecule has 0 aromatic heterocycles. The molecular weight excluding hydrogens is 265 g/mol. The lowest BCUT2D eigenvalue weighted by Gasteiger charge is -2.09. The maximum absolute atomic E-state index is 11.7. The number of para-hydroxylation sites is 1. The summed E-state index contributed by atoms with van der Waals surface area (Å²) in [7, 11) is 0. The van der Waals surface area contributed by atoms with Crippen molar-refractivity contribution in [3.05, 3.63) is 29.3 Å². The second-order valence-corrected chi connectivity index (χ2v) is 4.63. The Labute approximate surface area is 96.6 Å². The molecule has 0 spiro atoms. The molecule has 0 aliphatic rings. The fourth-order valence-corrected chi connectivity index (χ4v) is 1.64. The number of carbonyl (C=O) groups excluding carboxylic acids is 1. The summed E-state index contributed by atoms with van der Waals surface area (Å²) < 4.78 is 0. The quantitative estimate of drug-likeness (QED) is 0.524. The zero-order chi connectivity index (χ0) is 10.7. The van der Waals surface area contributed by atoms with Gasteiger partial charge in [0.15, 0.2) is 5.78 Å². The van der Waals surface area contributed by atoms with Crippen molar-refractivity contribution in [1.82, 2.24) is 0 Å². The molecule has 0 heterocycles. The summed E-state index contributed by atoms with van der Waals surface area (Å²) in [5, 5.41) is 0. The zero-order valence-corrected chi connectivity index (χ0v) is 10.1. The predicted octanol–water partition coefficient (Wildman–Crippen LogP) is 2.97. The van der Waals surface area contributed by atoms with Gasteiger partial charge in [-0.15, -0.1) is 11.6 Å². The summed E-state index contributed by atoms with van der Waals surface area (Å²) in [6.45, 7) is 1.77. The fraction of sp³-hybridized carbons (Fsp3) is 0.300. The van der Waals surface area contributed by atoms with Gasteiger partial charge in [-0.25, -0.2) is 0 Å². The minimum absolute atomic E-state index is 0.0190. The molecule has 14 heavy (non-hydrogen) atoms. The van der Waals surface area contributed by atoms with Crippen LogP contribution in [0.25, 0.3) is 0 Å². The lowest BCUT2D eigenvalue weighted by Crippen LogP contribution is -2.13. The third-order valence-corrected chi connectivity index (χ3v) is 2.67. The Morgan fingerprint density at radius 3 is 2.79 bits per heavy atom. The van der Waals surface area contributed by atoms with Gasteiger partial charge in [-0.1, -0.05) is 28.1 Å². The molecule has 0 aliphatic heterocycles. The van der Waals surface area contributed by atoms with Crippen LogP contribution in [0.4, 0.5) is 5.69 Å². The van der Waals surface area contributed by atoms with E-state index in [0.29, 0.717) is 17.1 Å². The normalized spacial score (nSPS) is 12.5. The smallest absolute Gasteiger partial charge is 0.178 e. The number of hydrogen-bond donors (Lipinski definition) is 1. The summed E-state index contributed by atoms with van der Waals surface area (Å²) in [5.74, 6) is 0.304. The summed E-state index contributed by atoms with van der Waals surface area (Å²) in [5.41, 5.74) is 7.62. The van der Waals surface area contributed by atoms with Gasteiger partial charge in [-0.2, -0.15) is 0 Å². The van der Waals surface area contributed by atoms with E-state index in [1.165, 1.54) is 0 Å².